The second kappa shape index (κ2) is 7.40. The van der Waals surface area contributed by atoms with Crippen LogP contribution in [0.5, 0.6) is 0 Å². The van der Waals surface area contributed by atoms with Gasteiger partial charge in [-0.1, -0.05) is 6.92 Å². The number of carbonyl (C=O) groups is 1. The molecule has 1 aliphatic rings. The molecule has 1 aliphatic heterocycles. The lowest BCUT2D eigenvalue weighted by atomic mass is 9.97. The maximum Gasteiger partial charge on any atom is 0.243 e. The number of nitrogens with one attached hydrogen (secondary N) is 1. The zero-order chi connectivity index (χ0) is 17.0. The lowest BCUT2D eigenvalue weighted by molar-refractivity contribution is -0.126. The van der Waals surface area contributed by atoms with Crippen LogP contribution in [0.2, 0.25) is 0 Å². The molecule has 1 atom stereocenters. The van der Waals surface area contributed by atoms with Crippen molar-refractivity contribution in [3.05, 3.63) is 30.1 Å². The van der Waals surface area contributed by atoms with Crippen LogP contribution in [-0.4, -0.2) is 37.8 Å². The molecule has 23 heavy (non-hydrogen) atoms. The summed E-state index contributed by atoms with van der Waals surface area (Å²) >= 11 is 0. The highest BCUT2D eigenvalue weighted by Crippen LogP contribution is 2.24. The molecule has 1 aromatic carbocycles. The number of piperidine rings is 1. The van der Waals surface area contributed by atoms with Crippen molar-refractivity contribution < 1.29 is 17.6 Å². The molecule has 0 saturated carbocycles. The standard InChI is InChI=1S/C16H23FN2O3S/c1-3-12(2)18-16(20)13-8-10-19(11-9-13)23(21,22)15-6-4-14(17)5-7-15/h4-7,12-13H,3,8-11H2,1-2H3,(H,18,20)/t12-/m0/s1. The van der Waals surface area contributed by atoms with E-state index >= 15 is 0 Å². The van der Waals surface area contributed by atoms with Gasteiger partial charge in [0.1, 0.15) is 5.82 Å². The molecule has 1 fully saturated rings. The van der Waals surface area contributed by atoms with E-state index in [0.717, 1.165) is 18.6 Å². The number of amides is 1. The minimum absolute atomic E-state index is 0.00169. The van der Waals surface area contributed by atoms with Crippen LogP contribution < -0.4 is 5.32 Å². The van der Waals surface area contributed by atoms with Crippen LogP contribution in [0, 0.1) is 11.7 Å². The fourth-order valence-electron chi connectivity index (χ4n) is 2.58. The van der Waals surface area contributed by atoms with Gasteiger partial charge in [-0.3, -0.25) is 4.79 Å². The summed E-state index contributed by atoms with van der Waals surface area (Å²) in [6.45, 7) is 4.56. The zero-order valence-electron chi connectivity index (χ0n) is 13.5. The highest BCUT2D eigenvalue weighted by Gasteiger charge is 2.32. The number of rotatable bonds is 5. The Morgan fingerprint density at radius 2 is 1.87 bits per heavy atom. The van der Waals surface area contributed by atoms with E-state index in [1.165, 1.54) is 16.4 Å². The van der Waals surface area contributed by atoms with Gasteiger partial charge in [0.15, 0.2) is 0 Å². The predicted molar refractivity (Wildman–Crippen MR) is 85.8 cm³/mol. The Kier molecular flexibility index (Phi) is 5.75. The Morgan fingerprint density at radius 1 is 1.30 bits per heavy atom. The molecule has 0 aromatic heterocycles. The Hall–Kier alpha value is -1.47. The maximum absolute atomic E-state index is 12.9. The molecular formula is C16H23FN2O3S. The van der Waals surface area contributed by atoms with E-state index in [1.807, 2.05) is 13.8 Å². The summed E-state index contributed by atoms with van der Waals surface area (Å²) in [6.07, 6.45) is 1.87. The highest BCUT2D eigenvalue weighted by molar-refractivity contribution is 7.89. The topological polar surface area (TPSA) is 66.5 Å². The molecule has 7 heteroatoms. The first-order chi connectivity index (χ1) is 10.8. The third-order valence-corrected chi connectivity index (χ3v) is 6.19. The summed E-state index contributed by atoms with van der Waals surface area (Å²) in [4.78, 5) is 12.2. The van der Waals surface area contributed by atoms with Crippen LogP contribution in [-0.2, 0) is 14.8 Å². The van der Waals surface area contributed by atoms with Crippen molar-refractivity contribution in [2.24, 2.45) is 5.92 Å². The van der Waals surface area contributed by atoms with Gasteiger partial charge in [-0.2, -0.15) is 4.31 Å². The zero-order valence-corrected chi connectivity index (χ0v) is 14.3. The third-order valence-electron chi connectivity index (χ3n) is 4.28. The SMILES string of the molecule is CC[C@H](C)NC(=O)C1CCN(S(=O)(=O)c2ccc(F)cc2)CC1. The van der Waals surface area contributed by atoms with E-state index < -0.39 is 15.8 Å². The average Bonchev–Trinajstić information content (AvgIpc) is 2.55. The van der Waals surface area contributed by atoms with Gasteiger partial charge in [0.2, 0.25) is 15.9 Å². The summed E-state index contributed by atoms with van der Waals surface area (Å²) in [5.74, 6) is -0.619. The second-order valence-corrected chi connectivity index (χ2v) is 7.89. The molecule has 0 bridgehead atoms. The molecule has 1 N–H and O–H groups in total. The van der Waals surface area contributed by atoms with Crippen LogP contribution in [0.4, 0.5) is 4.39 Å². The van der Waals surface area contributed by atoms with Crippen molar-refractivity contribution >= 4 is 15.9 Å². The van der Waals surface area contributed by atoms with Crippen LogP contribution in [0.15, 0.2) is 29.2 Å². The summed E-state index contributed by atoms with van der Waals surface area (Å²) in [6, 6.07) is 4.94. The largest absolute Gasteiger partial charge is 0.353 e. The molecular weight excluding hydrogens is 319 g/mol. The van der Waals surface area contributed by atoms with E-state index in [1.54, 1.807) is 0 Å². The lowest BCUT2D eigenvalue weighted by Crippen LogP contribution is -2.44. The number of hydrogen-bond acceptors (Lipinski definition) is 3. The van der Waals surface area contributed by atoms with Crippen molar-refractivity contribution in [2.45, 2.75) is 44.0 Å². The van der Waals surface area contributed by atoms with E-state index in [2.05, 4.69) is 5.32 Å². The Labute approximate surface area is 136 Å². The molecule has 0 unspecified atom stereocenters. The molecule has 1 saturated heterocycles. The van der Waals surface area contributed by atoms with Crippen molar-refractivity contribution in [3.8, 4) is 0 Å². The fraction of sp³-hybridized carbons (Fsp3) is 0.562. The number of benzene rings is 1. The summed E-state index contributed by atoms with van der Waals surface area (Å²) in [7, 11) is -3.62. The molecule has 128 valence electrons. The van der Waals surface area contributed by atoms with E-state index in [0.29, 0.717) is 25.9 Å². The summed E-state index contributed by atoms with van der Waals surface area (Å²) in [5.41, 5.74) is 0. The molecule has 2 rings (SSSR count). The van der Waals surface area contributed by atoms with Gasteiger partial charge in [0.25, 0.3) is 0 Å². The van der Waals surface area contributed by atoms with Crippen LogP contribution in [0.1, 0.15) is 33.1 Å². The monoisotopic (exact) mass is 342 g/mol. The minimum atomic E-state index is -3.62. The van der Waals surface area contributed by atoms with Gasteiger partial charge in [-0.05, 0) is 50.5 Å². The number of halogens is 1. The number of sulfonamides is 1. The molecule has 1 heterocycles. The van der Waals surface area contributed by atoms with Gasteiger partial charge in [0, 0.05) is 25.0 Å². The first-order valence-corrected chi connectivity index (χ1v) is 9.34. The van der Waals surface area contributed by atoms with E-state index in [9.17, 15) is 17.6 Å². The summed E-state index contributed by atoms with van der Waals surface area (Å²) in [5, 5.41) is 2.94. The molecule has 1 aromatic rings. The smallest absolute Gasteiger partial charge is 0.243 e. The Morgan fingerprint density at radius 3 is 2.39 bits per heavy atom. The Bertz CT molecular complexity index is 638. The number of carbonyl (C=O) groups excluding carboxylic acids is 1. The predicted octanol–water partition coefficient (Wildman–Crippen LogP) is 2.14. The number of hydrogen-bond donors (Lipinski definition) is 1. The van der Waals surface area contributed by atoms with E-state index in [-0.39, 0.29) is 22.8 Å². The van der Waals surface area contributed by atoms with Gasteiger partial charge in [-0.15, -0.1) is 0 Å². The van der Waals surface area contributed by atoms with Gasteiger partial charge in [0.05, 0.1) is 4.90 Å². The molecule has 5 nitrogen and oxygen atoms in total. The van der Waals surface area contributed by atoms with Crippen molar-refractivity contribution in [2.75, 3.05) is 13.1 Å². The average molecular weight is 342 g/mol. The summed E-state index contributed by atoms with van der Waals surface area (Å²) < 4.78 is 39.3. The second-order valence-electron chi connectivity index (χ2n) is 5.95. The van der Waals surface area contributed by atoms with Gasteiger partial charge >= 0.3 is 0 Å². The van der Waals surface area contributed by atoms with Gasteiger partial charge in [-0.25, -0.2) is 12.8 Å². The first-order valence-electron chi connectivity index (χ1n) is 7.90. The molecule has 0 radical (unpaired) electrons. The minimum Gasteiger partial charge on any atom is -0.353 e. The number of nitrogens with zero attached hydrogens (tertiary/aromatic N) is 1. The van der Waals surface area contributed by atoms with Crippen LogP contribution in [0.3, 0.4) is 0 Å². The van der Waals surface area contributed by atoms with Crippen molar-refractivity contribution in [3.63, 3.8) is 0 Å². The van der Waals surface area contributed by atoms with Crippen molar-refractivity contribution in [1.82, 2.24) is 9.62 Å². The van der Waals surface area contributed by atoms with Crippen LogP contribution >= 0.6 is 0 Å². The normalized spacial score (nSPS) is 18.6. The van der Waals surface area contributed by atoms with Crippen molar-refractivity contribution in [1.29, 1.82) is 0 Å². The third kappa shape index (κ3) is 4.29. The quantitative estimate of drug-likeness (QED) is 0.891. The Balaban J connectivity index is 1.98. The first kappa shape index (κ1) is 17.9. The molecule has 1 amide bonds. The fourth-order valence-corrected chi connectivity index (χ4v) is 4.05. The highest BCUT2D eigenvalue weighted by atomic mass is 32.2. The lowest BCUT2D eigenvalue weighted by Gasteiger charge is -2.31. The van der Waals surface area contributed by atoms with Gasteiger partial charge < -0.3 is 5.32 Å². The van der Waals surface area contributed by atoms with Crippen LogP contribution in [0.25, 0.3) is 0 Å². The molecule has 0 spiro atoms. The molecule has 0 aliphatic carbocycles. The maximum atomic E-state index is 12.9. The van der Waals surface area contributed by atoms with E-state index in [4.69, 9.17) is 0 Å².